The van der Waals surface area contributed by atoms with Crippen molar-refractivity contribution in [3.05, 3.63) is 59.2 Å². The summed E-state index contributed by atoms with van der Waals surface area (Å²) in [4.78, 5) is 0.146. The summed E-state index contributed by atoms with van der Waals surface area (Å²) in [7, 11) is 1.70. The lowest BCUT2D eigenvalue weighted by molar-refractivity contribution is 0.340. The van der Waals surface area contributed by atoms with E-state index in [0.29, 0.717) is 6.61 Å². The van der Waals surface area contributed by atoms with Crippen molar-refractivity contribution in [3.8, 4) is 11.5 Å². The van der Waals surface area contributed by atoms with E-state index in [1.54, 1.807) is 7.11 Å². The number of hydrogen-bond donors (Lipinski definition) is 0. The molecule has 2 aromatic carbocycles. The van der Waals surface area contributed by atoms with E-state index in [4.69, 9.17) is 9.47 Å². The molecule has 0 saturated heterocycles. The number of ether oxygens (including phenoxy) is 2. The molecule has 0 aromatic heterocycles. The van der Waals surface area contributed by atoms with Gasteiger partial charge < -0.3 is 9.47 Å². The van der Waals surface area contributed by atoms with Crippen LogP contribution in [0.15, 0.2) is 42.5 Å². The van der Waals surface area contributed by atoms with Crippen molar-refractivity contribution < 1.29 is 9.47 Å². The van der Waals surface area contributed by atoms with Gasteiger partial charge in [-0.15, -0.1) is 0 Å². The molecule has 0 aliphatic heterocycles. The second kappa shape index (κ2) is 6.80. The number of hydrogen-bond acceptors (Lipinski definition) is 2. The molecular weight excluding hydrogens is 316 g/mol. The highest BCUT2D eigenvalue weighted by molar-refractivity contribution is 9.09. The fraction of sp³-hybridized carbons (Fsp3) is 0.294. The summed E-state index contributed by atoms with van der Waals surface area (Å²) in [5.74, 6) is 1.82. The molecule has 2 aromatic rings. The Bertz CT molecular complexity index is 564. The first-order valence-corrected chi connectivity index (χ1v) is 7.58. The van der Waals surface area contributed by atoms with Crippen LogP contribution in [0, 0.1) is 6.92 Å². The van der Waals surface area contributed by atoms with Crippen LogP contribution in [0.4, 0.5) is 0 Å². The van der Waals surface area contributed by atoms with Crippen LogP contribution in [0.3, 0.4) is 0 Å². The third kappa shape index (κ3) is 3.34. The molecule has 1 atom stereocenters. The molecule has 0 fully saturated rings. The number of alkyl halides is 1. The highest BCUT2D eigenvalue weighted by atomic mass is 79.9. The third-order valence-electron chi connectivity index (χ3n) is 3.21. The summed E-state index contributed by atoms with van der Waals surface area (Å²) in [6.07, 6.45) is 0. The number of halogens is 1. The van der Waals surface area contributed by atoms with Crippen LogP contribution in [-0.4, -0.2) is 13.7 Å². The predicted molar refractivity (Wildman–Crippen MR) is 86.1 cm³/mol. The Labute approximate surface area is 128 Å². The smallest absolute Gasteiger partial charge is 0.122 e. The van der Waals surface area contributed by atoms with E-state index in [9.17, 15) is 0 Å². The highest BCUT2D eigenvalue weighted by Crippen LogP contribution is 2.34. The molecule has 1 unspecified atom stereocenters. The minimum absolute atomic E-state index is 0.146. The van der Waals surface area contributed by atoms with Gasteiger partial charge in [-0.25, -0.2) is 0 Å². The van der Waals surface area contributed by atoms with Gasteiger partial charge in [0.1, 0.15) is 11.5 Å². The molecule has 0 spiro atoms. The minimum atomic E-state index is 0.146. The first-order chi connectivity index (χ1) is 9.65. The molecule has 0 heterocycles. The monoisotopic (exact) mass is 334 g/mol. The highest BCUT2D eigenvalue weighted by Gasteiger charge is 2.12. The van der Waals surface area contributed by atoms with Crippen LogP contribution >= 0.6 is 15.9 Å². The molecule has 106 valence electrons. The topological polar surface area (TPSA) is 18.5 Å². The molecule has 0 N–H and O–H groups in total. The minimum Gasteiger partial charge on any atom is -0.496 e. The summed E-state index contributed by atoms with van der Waals surface area (Å²) in [5.41, 5.74) is 3.51. The fourth-order valence-electron chi connectivity index (χ4n) is 2.09. The van der Waals surface area contributed by atoms with E-state index in [1.165, 1.54) is 11.1 Å². The van der Waals surface area contributed by atoms with Crippen molar-refractivity contribution in [2.24, 2.45) is 0 Å². The van der Waals surface area contributed by atoms with Gasteiger partial charge >= 0.3 is 0 Å². The van der Waals surface area contributed by atoms with Crippen LogP contribution in [0.5, 0.6) is 11.5 Å². The van der Waals surface area contributed by atoms with Gasteiger partial charge in [0.2, 0.25) is 0 Å². The van der Waals surface area contributed by atoms with E-state index < -0.39 is 0 Å². The lowest BCUT2D eigenvalue weighted by atomic mass is 10.0. The van der Waals surface area contributed by atoms with Crippen LogP contribution < -0.4 is 9.47 Å². The van der Waals surface area contributed by atoms with Crippen molar-refractivity contribution in [2.45, 2.75) is 18.7 Å². The number of aryl methyl sites for hydroxylation is 1. The molecule has 2 rings (SSSR count). The van der Waals surface area contributed by atoms with Crippen molar-refractivity contribution in [3.63, 3.8) is 0 Å². The first-order valence-electron chi connectivity index (χ1n) is 6.67. The van der Waals surface area contributed by atoms with Gasteiger partial charge in [0.15, 0.2) is 0 Å². The Morgan fingerprint density at radius 3 is 2.30 bits per heavy atom. The van der Waals surface area contributed by atoms with Gasteiger partial charge in [-0.1, -0.05) is 40.2 Å². The summed E-state index contributed by atoms with van der Waals surface area (Å²) >= 11 is 3.75. The molecule has 0 bridgehead atoms. The van der Waals surface area contributed by atoms with E-state index >= 15 is 0 Å². The second-order valence-electron chi connectivity index (χ2n) is 4.59. The van der Waals surface area contributed by atoms with Gasteiger partial charge in [0.25, 0.3) is 0 Å². The predicted octanol–water partition coefficient (Wildman–Crippen LogP) is 4.89. The molecule has 0 saturated carbocycles. The Morgan fingerprint density at radius 1 is 1.05 bits per heavy atom. The molecule has 0 radical (unpaired) electrons. The zero-order valence-electron chi connectivity index (χ0n) is 12.0. The van der Waals surface area contributed by atoms with Crippen molar-refractivity contribution >= 4 is 15.9 Å². The Hall–Kier alpha value is -1.48. The lowest BCUT2D eigenvalue weighted by Crippen LogP contribution is -1.96. The molecule has 0 amide bonds. The van der Waals surface area contributed by atoms with Gasteiger partial charge in [-0.05, 0) is 48.7 Å². The average molecular weight is 335 g/mol. The summed E-state index contributed by atoms with van der Waals surface area (Å²) in [6, 6.07) is 14.4. The largest absolute Gasteiger partial charge is 0.496 e. The third-order valence-corrected chi connectivity index (χ3v) is 4.27. The summed E-state index contributed by atoms with van der Waals surface area (Å²) in [6.45, 7) is 4.72. The van der Waals surface area contributed by atoms with Gasteiger partial charge in [0.05, 0.1) is 18.5 Å². The molecule has 20 heavy (non-hydrogen) atoms. The average Bonchev–Trinajstić information content (AvgIpc) is 2.48. The fourth-order valence-corrected chi connectivity index (χ4v) is 2.68. The van der Waals surface area contributed by atoms with E-state index in [0.717, 1.165) is 17.1 Å². The molecule has 0 aliphatic carbocycles. The summed E-state index contributed by atoms with van der Waals surface area (Å²) < 4.78 is 10.8. The molecular formula is C17H19BrO2. The Kier molecular flexibility index (Phi) is 5.07. The normalized spacial score (nSPS) is 12.0. The maximum Gasteiger partial charge on any atom is 0.122 e. The maximum absolute atomic E-state index is 5.46. The quantitative estimate of drug-likeness (QED) is 0.725. The number of rotatable bonds is 5. The van der Waals surface area contributed by atoms with Gasteiger partial charge in [-0.2, -0.15) is 0 Å². The zero-order chi connectivity index (χ0) is 14.5. The Morgan fingerprint density at radius 2 is 1.70 bits per heavy atom. The van der Waals surface area contributed by atoms with Crippen molar-refractivity contribution in [1.82, 2.24) is 0 Å². The maximum atomic E-state index is 5.46. The van der Waals surface area contributed by atoms with Crippen molar-refractivity contribution in [2.75, 3.05) is 13.7 Å². The van der Waals surface area contributed by atoms with Crippen LogP contribution in [0.2, 0.25) is 0 Å². The lowest BCUT2D eigenvalue weighted by Gasteiger charge is -2.14. The van der Waals surface area contributed by atoms with Gasteiger partial charge in [-0.3, -0.25) is 0 Å². The molecule has 3 heteroatoms. The molecule has 0 aliphatic rings. The van der Waals surface area contributed by atoms with Crippen LogP contribution in [0.1, 0.15) is 28.4 Å². The second-order valence-corrected chi connectivity index (χ2v) is 5.51. The SMILES string of the molecule is CCOc1ccc(C(Br)c2ccc(C)c(OC)c2)cc1. The van der Waals surface area contributed by atoms with Crippen LogP contribution in [0.25, 0.3) is 0 Å². The van der Waals surface area contributed by atoms with E-state index in [2.05, 4.69) is 46.3 Å². The van der Waals surface area contributed by atoms with Crippen molar-refractivity contribution in [1.29, 1.82) is 0 Å². The zero-order valence-corrected chi connectivity index (χ0v) is 13.6. The number of methoxy groups -OCH3 is 1. The van der Waals surface area contributed by atoms with Crippen LogP contribution in [-0.2, 0) is 0 Å². The number of benzene rings is 2. The van der Waals surface area contributed by atoms with E-state index in [1.807, 2.05) is 26.0 Å². The summed E-state index contributed by atoms with van der Waals surface area (Å²) in [5, 5.41) is 0. The van der Waals surface area contributed by atoms with E-state index in [-0.39, 0.29) is 4.83 Å². The standard InChI is InChI=1S/C17H19BrO2/c1-4-20-15-9-7-13(8-10-15)17(18)14-6-5-12(2)16(11-14)19-3/h5-11,17H,4H2,1-3H3. The first kappa shape index (κ1) is 14.9. The van der Waals surface area contributed by atoms with Gasteiger partial charge in [0, 0.05) is 0 Å². The Balaban J connectivity index is 2.24. The molecule has 2 nitrogen and oxygen atoms in total.